The first-order valence-corrected chi connectivity index (χ1v) is 4.32. The molecule has 0 fully saturated rings. The Hall–Kier alpha value is -0.850. The highest BCUT2D eigenvalue weighted by molar-refractivity contribution is 5.72. The van der Waals surface area contributed by atoms with Crippen molar-refractivity contribution in [3.63, 3.8) is 0 Å². The van der Waals surface area contributed by atoms with Gasteiger partial charge >= 0.3 is 0 Å². The summed E-state index contributed by atoms with van der Waals surface area (Å²) in [5.74, 6) is 4.85. The lowest BCUT2D eigenvalue weighted by Crippen LogP contribution is -2.23. The molecule has 0 atom stereocenters. The molecule has 0 aliphatic rings. The van der Waals surface area contributed by atoms with Crippen molar-refractivity contribution in [2.24, 2.45) is 0 Å². The number of hydrogen-bond acceptors (Lipinski definition) is 3. The maximum atomic E-state index is 10.00. The number of ether oxygens (including phenoxy) is 2. The van der Waals surface area contributed by atoms with E-state index in [1.165, 1.54) is 0 Å². The van der Waals surface area contributed by atoms with E-state index in [2.05, 4.69) is 11.8 Å². The van der Waals surface area contributed by atoms with E-state index in [4.69, 9.17) is 9.47 Å². The summed E-state index contributed by atoms with van der Waals surface area (Å²) in [5.41, 5.74) is 0. The van der Waals surface area contributed by atoms with Gasteiger partial charge in [-0.25, -0.2) is 0 Å². The third-order valence-corrected chi connectivity index (χ3v) is 1.05. The first-order valence-electron chi connectivity index (χ1n) is 4.32. The summed E-state index contributed by atoms with van der Waals surface area (Å²) in [6.07, 6.45) is -0.0139. The highest BCUT2D eigenvalue weighted by Crippen LogP contribution is 2.02. The Balaban J connectivity index is 4.10. The van der Waals surface area contributed by atoms with E-state index in [1.807, 2.05) is 27.7 Å². The van der Waals surface area contributed by atoms with Crippen LogP contribution in [0, 0.1) is 11.8 Å². The zero-order chi connectivity index (χ0) is 10.3. The van der Waals surface area contributed by atoms with Crippen molar-refractivity contribution in [2.45, 2.75) is 46.2 Å². The molecule has 0 spiro atoms. The summed E-state index contributed by atoms with van der Waals surface area (Å²) in [6.45, 7) is 7.55. The highest BCUT2D eigenvalue weighted by atomic mass is 16.7. The fraction of sp³-hybridized carbons (Fsp3) is 0.700. The smallest absolute Gasteiger partial charge is 0.223 e. The third-order valence-electron chi connectivity index (χ3n) is 1.05. The SMILES string of the molecule is CC(C)OC(C#CC=O)OC(C)C. The number of rotatable bonds is 4. The number of carbonyl (C=O) groups is 1. The van der Waals surface area contributed by atoms with Gasteiger partial charge in [0.1, 0.15) is 0 Å². The predicted octanol–water partition coefficient (Wildman–Crippen LogP) is 1.36. The molecule has 0 saturated heterocycles. The van der Waals surface area contributed by atoms with Crippen LogP contribution in [0.15, 0.2) is 0 Å². The molecule has 0 aliphatic carbocycles. The van der Waals surface area contributed by atoms with Crippen LogP contribution >= 0.6 is 0 Å². The fourth-order valence-electron chi connectivity index (χ4n) is 0.697. The van der Waals surface area contributed by atoms with E-state index in [9.17, 15) is 4.79 Å². The molecule has 0 aromatic heterocycles. The van der Waals surface area contributed by atoms with Crippen LogP contribution in [0.2, 0.25) is 0 Å². The summed E-state index contributed by atoms with van der Waals surface area (Å²) >= 11 is 0. The van der Waals surface area contributed by atoms with Gasteiger partial charge in [0.25, 0.3) is 0 Å². The average Bonchev–Trinajstić information content (AvgIpc) is 1.98. The standard InChI is InChI=1S/C10H16O3/c1-8(2)12-10(6-5-7-11)13-9(3)4/h7-10H,1-4H3. The monoisotopic (exact) mass is 184 g/mol. The minimum atomic E-state index is -0.606. The molecular weight excluding hydrogens is 168 g/mol. The maximum Gasteiger partial charge on any atom is 0.223 e. The average molecular weight is 184 g/mol. The largest absolute Gasteiger partial charge is 0.339 e. The van der Waals surface area contributed by atoms with E-state index in [0.29, 0.717) is 6.29 Å². The van der Waals surface area contributed by atoms with E-state index >= 15 is 0 Å². The van der Waals surface area contributed by atoms with Gasteiger partial charge in [0.05, 0.1) is 12.2 Å². The molecule has 74 valence electrons. The van der Waals surface area contributed by atoms with Gasteiger partial charge < -0.3 is 9.47 Å². The van der Waals surface area contributed by atoms with Crippen molar-refractivity contribution in [1.82, 2.24) is 0 Å². The predicted molar refractivity (Wildman–Crippen MR) is 50.1 cm³/mol. The topological polar surface area (TPSA) is 35.5 Å². The molecule has 0 aromatic carbocycles. The zero-order valence-corrected chi connectivity index (χ0v) is 8.53. The van der Waals surface area contributed by atoms with Crippen LogP contribution in [0.5, 0.6) is 0 Å². The summed E-state index contributed by atoms with van der Waals surface area (Å²) < 4.78 is 10.6. The lowest BCUT2D eigenvalue weighted by atomic mass is 10.4. The quantitative estimate of drug-likeness (QED) is 0.376. The zero-order valence-electron chi connectivity index (χ0n) is 8.53. The van der Waals surface area contributed by atoms with E-state index in [0.717, 1.165) is 0 Å². The van der Waals surface area contributed by atoms with E-state index in [1.54, 1.807) is 0 Å². The number of hydrogen-bond donors (Lipinski definition) is 0. The van der Waals surface area contributed by atoms with Crippen LogP contribution in [-0.2, 0) is 14.3 Å². The van der Waals surface area contributed by atoms with Gasteiger partial charge in [-0.3, -0.25) is 4.79 Å². The minimum absolute atomic E-state index is 0.0321. The Labute approximate surface area is 79.4 Å². The molecule has 0 heterocycles. The molecule has 3 heteroatoms. The first kappa shape index (κ1) is 12.2. The summed E-state index contributed by atoms with van der Waals surface area (Å²) in [6, 6.07) is 0. The second-order valence-corrected chi connectivity index (χ2v) is 3.11. The van der Waals surface area contributed by atoms with Crippen LogP contribution in [-0.4, -0.2) is 24.8 Å². The minimum Gasteiger partial charge on any atom is -0.339 e. The van der Waals surface area contributed by atoms with Gasteiger partial charge in [-0.1, -0.05) is 0 Å². The first-order chi connectivity index (χ1) is 6.06. The molecule has 0 saturated carbocycles. The normalized spacial score (nSPS) is 10.4. The molecule has 0 aromatic rings. The van der Waals surface area contributed by atoms with Crippen molar-refractivity contribution in [2.75, 3.05) is 0 Å². The number of aldehydes is 1. The molecule has 0 amide bonds. The van der Waals surface area contributed by atoms with Crippen molar-refractivity contribution < 1.29 is 14.3 Å². The van der Waals surface area contributed by atoms with Gasteiger partial charge in [-0.15, -0.1) is 0 Å². The summed E-state index contributed by atoms with van der Waals surface area (Å²) in [4.78, 5) is 10.00. The Morgan fingerprint density at radius 1 is 1.08 bits per heavy atom. The molecule has 0 aliphatic heterocycles. The second kappa shape index (κ2) is 6.64. The summed E-state index contributed by atoms with van der Waals surface area (Å²) in [7, 11) is 0. The Bertz CT molecular complexity index is 188. The van der Waals surface area contributed by atoms with Gasteiger partial charge in [-0.2, -0.15) is 0 Å². The van der Waals surface area contributed by atoms with Crippen molar-refractivity contribution in [3.8, 4) is 11.8 Å². The van der Waals surface area contributed by atoms with Crippen molar-refractivity contribution in [3.05, 3.63) is 0 Å². The van der Waals surface area contributed by atoms with Gasteiger partial charge in [-0.05, 0) is 39.5 Å². The molecule has 0 radical (unpaired) electrons. The number of carbonyl (C=O) groups excluding carboxylic acids is 1. The molecule has 0 rings (SSSR count). The van der Waals surface area contributed by atoms with Crippen molar-refractivity contribution in [1.29, 1.82) is 0 Å². The van der Waals surface area contributed by atoms with Gasteiger partial charge in [0.15, 0.2) is 6.29 Å². The molecular formula is C10H16O3. The van der Waals surface area contributed by atoms with Crippen LogP contribution in [0.3, 0.4) is 0 Å². The molecule has 13 heavy (non-hydrogen) atoms. The summed E-state index contributed by atoms with van der Waals surface area (Å²) in [5, 5.41) is 0. The lowest BCUT2D eigenvalue weighted by molar-refractivity contribution is -0.146. The van der Waals surface area contributed by atoms with E-state index in [-0.39, 0.29) is 12.2 Å². The Morgan fingerprint density at radius 3 is 1.85 bits per heavy atom. The molecule has 3 nitrogen and oxygen atoms in total. The fourth-order valence-corrected chi connectivity index (χ4v) is 0.697. The lowest BCUT2D eigenvalue weighted by Gasteiger charge is -2.17. The van der Waals surface area contributed by atoms with Crippen molar-refractivity contribution >= 4 is 6.29 Å². The molecule has 0 bridgehead atoms. The van der Waals surface area contributed by atoms with Crippen LogP contribution < -0.4 is 0 Å². The van der Waals surface area contributed by atoms with Crippen LogP contribution in [0.25, 0.3) is 0 Å². The highest BCUT2D eigenvalue weighted by Gasteiger charge is 2.09. The van der Waals surface area contributed by atoms with Gasteiger partial charge in [0, 0.05) is 0 Å². The molecule has 0 N–H and O–H groups in total. The second-order valence-electron chi connectivity index (χ2n) is 3.11. The third kappa shape index (κ3) is 7.51. The van der Waals surface area contributed by atoms with Gasteiger partial charge in [0.2, 0.25) is 6.29 Å². The molecule has 0 unspecified atom stereocenters. The maximum absolute atomic E-state index is 10.00. The van der Waals surface area contributed by atoms with Crippen LogP contribution in [0.4, 0.5) is 0 Å². The van der Waals surface area contributed by atoms with E-state index < -0.39 is 6.29 Å². The van der Waals surface area contributed by atoms with Crippen LogP contribution in [0.1, 0.15) is 27.7 Å². The Morgan fingerprint density at radius 2 is 1.54 bits per heavy atom. The Kier molecular flexibility index (Phi) is 6.21.